The molecular formula is C14H14N4S. The molecule has 0 aliphatic heterocycles. The molecule has 19 heavy (non-hydrogen) atoms. The van der Waals surface area contributed by atoms with Crippen LogP contribution in [-0.4, -0.2) is 14.4 Å². The predicted molar refractivity (Wildman–Crippen MR) is 78.1 cm³/mol. The second kappa shape index (κ2) is 4.93. The van der Waals surface area contributed by atoms with Gasteiger partial charge in [0.2, 0.25) is 5.78 Å². The minimum atomic E-state index is 0.738. The van der Waals surface area contributed by atoms with Gasteiger partial charge in [0.15, 0.2) is 0 Å². The summed E-state index contributed by atoms with van der Waals surface area (Å²) in [6.07, 6.45) is 5.72. The summed E-state index contributed by atoms with van der Waals surface area (Å²) < 4.78 is 1.93. The summed E-state index contributed by atoms with van der Waals surface area (Å²) in [5, 5.41) is 0. The van der Waals surface area contributed by atoms with Crippen LogP contribution in [0.1, 0.15) is 11.3 Å². The minimum absolute atomic E-state index is 0.738. The molecule has 2 N–H and O–H groups in total. The molecule has 3 rings (SSSR count). The van der Waals surface area contributed by atoms with Crippen molar-refractivity contribution in [2.75, 3.05) is 5.73 Å². The lowest BCUT2D eigenvalue weighted by Gasteiger charge is -2.06. The third-order valence-corrected chi connectivity index (χ3v) is 4.18. The summed E-state index contributed by atoms with van der Waals surface area (Å²) in [7, 11) is 0. The van der Waals surface area contributed by atoms with Crippen LogP contribution in [0.2, 0.25) is 0 Å². The van der Waals surface area contributed by atoms with Gasteiger partial charge in [-0.05, 0) is 30.7 Å². The highest BCUT2D eigenvalue weighted by Crippen LogP contribution is 2.28. The van der Waals surface area contributed by atoms with Crippen LogP contribution in [0.4, 0.5) is 5.69 Å². The molecule has 0 unspecified atom stereocenters. The number of nitrogens with two attached hydrogens (primary N) is 1. The first kappa shape index (κ1) is 12.0. The van der Waals surface area contributed by atoms with Crippen LogP contribution in [0.25, 0.3) is 5.78 Å². The predicted octanol–water partition coefficient (Wildman–Crippen LogP) is 2.91. The second-order valence-electron chi connectivity index (χ2n) is 4.32. The summed E-state index contributed by atoms with van der Waals surface area (Å²) in [4.78, 5) is 9.89. The number of hydrogen-bond acceptors (Lipinski definition) is 4. The van der Waals surface area contributed by atoms with E-state index >= 15 is 0 Å². The van der Waals surface area contributed by atoms with Crippen LogP contribution in [0.3, 0.4) is 0 Å². The van der Waals surface area contributed by atoms with E-state index in [0.29, 0.717) is 0 Å². The minimum Gasteiger partial charge on any atom is -0.398 e. The third kappa shape index (κ3) is 2.42. The van der Waals surface area contributed by atoms with Crippen molar-refractivity contribution in [1.29, 1.82) is 0 Å². The lowest BCUT2D eigenvalue weighted by atomic mass is 10.2. The Labute approximate surface area is 115 Å². The van der Waals surface area contributed by atoms with Gasteiger partial charge in [-0.1, -0.05) is 6.07 Å². The maximum absolute atomic E-state index is 5.91. The van der Waals surface area contributed by atoms with Crippen molar-refractivity contribution < 1.29 is 0 Å². The molecule has 0 fully saturated rings. The van der Waals surface area contributed by atoms with Crippen molar-refractivity contribution in [2.24, 2.45) is 0 Å². The number of hydrogen-bond donors (Lipinski definition) is 1. The van der Waals surface area contributed by atoms with Gasteiger partial charge in [-0.2, -0.15) is 0 Å². The fraction of sp³-hybridized carbons (Fsp3) is 0.143. The molecule has 0 bridgehead atoms. The van der Waals surface area contributed by atoms with Gasteiger partial charge in [-0.15, -0.1) is 11.8 Å². The Morgan fingerprint density at radius 3 is 3.05 bits per heavy atom. The second-order valence-corrected chi connectivity index (χ2v) is 5.34. The van der Waals surface area contributed by atoms with E-state index < -0.39 is 0 Å². The van der Waals surface area contributed by atoms with Crippen LogP contribution in [-0.2, 0) is 5.75 Å². The fourth-order valence-corrected chi connectivity index (χ4v) is 2.84. The number of nitrogens with zero attached hydrogens (tertiary/aromatic N) is 3. The molecule has 0 amide bonds. The maximum atomic E-state index is 5.91. The van der Waals surface area contributed by atoms with Crippen molar-refractivity contribution in [3.8, 4) is 0 Å². The molecule has 96 valence electrons. The van der Waals surface area contributed by atoms with Crippen molar-refractivity contribution in [1.82, 2.24) is 14.4 Å². The SMILES string of the molecule is Cc1c(N)cccc1SCc1cn2cccnc2n1. The van der Waals surface area contributed by atoms with E-state index in [4.69, 9.17) is 5.73 Å². The van der Waals surface area contributed by atoms with Gasteiger partial charge in [0.1, 0.15) is 0 Å². The zero-order valence-corrected chi connectivity index (χ0v) is 11.4. The first-order valence-electron chi connectivity index (χ1n) is 6.00. The molecule has 2 heterocycles. The van der Waals surface area contributed by atoms with Crippen molar-refractivity contribution in [2.45, 2.75) is 17.6 Å². The Morgan fingerprint density at radius 2 is 2.21 bits per heavy atom. The zero-order valence-electron chi connectivity index (χ0n) is 10.6. The van der Waals surface area contributed by atoms with Crippen LogP contribution < -0.4 is 5.73 Å². The Hall–Kier alpha value is -2.01. The largest absolute Gasteiger partial charge is 0.398 e. The monoisotopic (exact) mass is 270 g/mol. The molecule has 0 spiro atoms. The average molecular weight is 270 g/mol. The lowest BCUT2D eigenvalue weighted by Crippen LogP contribution is -1.91. The Bertz CT molecular complexity index is 687. The van der Waals surface area contributed by atoms with Gasteiger partial charge in [-0.3, -0.25) is 4.40 Å². The standard InChI is InChI=1S/C14H14N4S/c1-10-12(15)4-2-5-13(10)19-9-11-8-18-7-3-6-16-14(18)17-11/h2-8H,9,15H2,1H3. The van der Waals surface area contributed by atoms with E-state index in [-0.39, 0.29) is 0 Å². The van der Waals surface area contributed by atoms with Gasteiger partial charge < -0.3 is 5.73 Å². The molecule has 1 aromatic carbocycles. The van der Waals surface area contributed by atoms with Gasteiger partial charge in [-0.25, -0.2) is 9.97 Å². The Morgan fingerprint density at radius 1 is 1.32 bits per heavy atom. The number of anilines is 1. The molecule has 0 saturated carbocycles. The lowest BCUT2D eigenvalue weighted by molar-refractivity contribution is 1.11. The van der Waals surface area contributed by atoms with Crippen LogP contribution in [0, 0.1) is 6.92 Å². The summed E-state index contributed by atoms with van der Waals surface area (Å²) in [5.41, 5.74) is 8.90. The summed E-state index contributed by atoms with van der Waals surface area (Å²) >= 11 is 1.75. The van der Waals surface area contributed by atoms with E-state index in [1.807, 2.05) is 41.9 Å². The van der Waals surface area contributed by atoms with Crippen molar-refractivity contribution in [3.63, 3.8) is 0 Å². The average Bonchev–Trinajstić information content (AvgIpc) is 2.83. The van der Waals surface area contributed by atoms with Gasteiger partial charge in [0, 0.05) is 34.9 Å². The van der Waals surface area contributed by atoms with Gasteiger partial charge in [0.25, 0.3) is 0 Å². The van der Waals surface area contributed by atoms with Gasteiger partial charge >= 0.3 is 0 Å². The van der Waals surface area contributed by atoms with Crippen LogP contribution in [0.5, 0.6) is 0 Å². The molecule has 0 aliphatic carbocycles. The zero-order chi connectivity index (χ0) is 13.2. The number of rotatable bonds is 3. The number of fused-ring (bicyclic) bond motifs is 1. The number of aromatic nitrogens is 3. The highest BCUT2D eigenvalue weighted by molar-refractivity contribution is 7.98. The first-order valence-corrected chi connectivity index (χ1v) is 6.99. The smallest absolute Gasteiger partial charge is 0.233 e. The summed E-state index contributed by atoms with van der Waals surface area (Å²) in [6, 6.07) is 7.89. The molecule has 5 heteroatoms. The number of imidazole rings is 1. The number of thioether (sulfide) groups is 1. The normalized spacial score (nSPS) is 11.0. The summed E-state index contributed by atoms with van der Waals surface area (Å²) in [5.74, 6) is 1.55. The molecule has 3 aromatic rings. The van der Waals surface area contributed by atoms with E-state index in [0.717, 1.165) is 28.5 Å². The molecule has 0 aliphatic rings. The van der Waals surface area contributed by atoms with E-state index in [1.54, 1.807) is 18.0 Å². The highest BCUT2D eigenvalue weighted by Gasteiger charge is 2.05. The molecular weight excluding hydrogens is 256 g/mol. The van der Waals surface area contributed by atoms with Crippen molar-refractivity contribution in [3.05, 3.63) is 54.1 Å². The number of nitrogen functional groups attached to an aromatic ring is 1. The van der Waals surface area contributed by atoms with E-state index in [1.165, 1.54) is 4.90 Å². The van der Waals surface area contributed by atoms with E-state index in [2.05, 4.69) is 16.0 Å². The maximum Gasteiger partial charge on any atom is 0.233 e. The van der Waals surface area contributed by atoms with E-state index in [9.17, 15) is 0 Å². The Balaban J connectivity index is 1.80. The third-order valence-electron chi connectivity index (χ3n) is 2.99. The van der Waals surface area contributed by atoms with Crippen LogP contribution >= 0.6 is 11.8 Å². The van der Waals surface area contributed by atoms with Gasteiger partial charge in [0.05, 0.1) is 5.69 Å². The Kier molecular flexibility index (Phi) is 3.13. The summed E-state index contributed by atoms with van der Waals surface area (Å²) in [6.45, 7) is 2.04. The highest BCUT2D eigenvalue weighted by atomic mass is 32.2. The molecule has 0 radical (unpaired) electrons. The molecule has 0 saturated heterocycles. The van der Waals surface area contributed by atoms with Crippen molar-refractivity contribution >= 4 is 23.2 Å². The quantitative estimate of drug-likeness (QED) is 0.587. The first-order chi connectivity index (χ1) is 9.24. The molecule has 2 aromatic heterocycles. The fourth-order valence-electron chi connectivity index (χ4n) is 1.89. The molecule has 0 atom stereocenters. The number of benzene rings is 1. The topological polar surface area (TPSA) is 56.2 Å². The molecule has 4 nitrogen and oxygen atoms in total. The van der Waals surface area contributed by atoms with Crippen LogP contribution in [0.15, 0.2) is 47.8 Å².